The summed E-state index contributed by atoms with van der Waals surface area (Å²) in [6, 6.07) is 3.98. The third-order valence-electron chi connectivity index (χ3n) is 4.75. The first-order valence-electron chi connectivity index (χ1n) is 8.48. The maximum absolute atomic E-state index is 5.53. The van der Waals surface area contributed by atoms with Gasteiger partial charge in [0.2, 0.25) is 0 Å². The van der Waals surface area contributed by atoms with Crippen LogP contribution in [0.15, 0.2) is 28.0 Å². The Morgan fingerprint density at radius 2 is 2.00 bits per heavy atom. The summed E-state index contributed by atoms with van der Waals surface area (Å²) in [5.74, 6) is 4.80. The van der Waals surface area contributed by atoms with Gasteiger partial charge in [-0.2, -0.15) is 0 Å². The lowest BCUT2D eigenvalue weighted by molar-refractivity contribution is 0.390. The van der Waals surface area contributed by atoms with E-state index < -0.39 is 0 Å². The first kappa shape index (κ1) is 14.4. The number of hydrogen-bond acceptors (Lipinski definition) is 4. The first-order valence-corrected chi connectivity index (χ1v) is 9.47. The molecule has 4 nitrogen and oxygen atoms in total. The second-order valence-electron chi connectivity index (χ2n) is 6.60. The molecule has 0 radical (unpaired) electrons. The lowest BCUT2D eigenvalue weighted by Crippen LogP contribution is -2.10. The van der Waals surface area contributed by atoms with Crippen LogP contribution in [0, 0.1) is 5.92 Å². The first-order chi connectivity index (χ1) is 10.9. The van der Waals surface area contributed by atoms with Crippen molar-refractivity contribution in [2.45, 2.75) is 62.6 Å². The molecule has 22 heavy (non-hydrogen) atoms. The van der Waals surface area contributed by atoms with Crippen molar-refractivity contribution in [1.82, 2.24) is 14.8 Å². The third kappa shape index (κ3) is 3.24. The molecule has 0 unspecified atom stereocenters. The number of aromatic nitrogens is 3. The molecular weight excluding hydrogens is 294 g/mol. The van der Waals surface area contributed by atoms with Gasteiger partial charge in [-0.05, 0) is 43.7 Å². The Morgan fingerprint density at radius 1 is 1.14 bits per heavy atom. The zero-order valence-electron chi connectivity index (χ0n) is 12.9. The summed E-state index contributed by atoms with van der Waals surface area (Å²) >= 11 is 1.89. The molecule has 0 saturated heterocycles. The van der Waals surface area contributed by atoms with Crippen molar-refractivity contribution in [3.63, 3.8) is 0 Å². The summed E-state index contributed by atoms with van der Waals surface area (Å²) in [5.41, 5.74) is 0. The van der Waals surface area contributed by atoms with E-state index in [2.05, 4.69) is 14.8 Å². The molecule has 2 heterocycles. The fourth-order valence-corrected chi connectivity index (χ4v) is 4.43. The predicted octanol–water partition coefficient (Wildman–Crippen LogP) is 4.47. The van der Waals surface area contributed by atoms with Crippen LogP contribution in [0.5, 0.6) is 0 Å². The van der Waals surface area contributed by atoms with Gasteiger partial charge in [0.25, 0.3) is 0 Å². The van der Waals surface area contributed by atoms with Gasteiger partial charge in [0, 0.05) is 11.7 Å². The standard InChI is InChI=1S/C17H23N3OS/c1-2-5-13(6-3-1)12-22-17-19-18-16(14-8-9-14)20(17)11-15-7-4-10-21-15/h4,7,10,13-14H,1-3,5-6,8-9,11-12H2. The molecule has 0 aromatic carbocycles. The molecule has 0 amide bonds. The summed E-state index contributed by atoms with van der Waals surface area (Å²) in [5, 5.41) is 10.0. The molecule has 0 spiro atoms. The Labute approximate surface area is 135 Å². The highest BCUT2D eigenvalue weighted by atomic mass is 32.2. The van der Waals surface area contributed by atoms with Crippen LogP contribution in [0.25, 0.3) is 0 Å². The SMILES string of the molecule is c1coc(Cn2c(SCC3CCCCC3)nnc2C2CC2)c1. The molecule has 0 aliphatic heterocycles. The van der Waals surface area contributed by atoms with Crippen molar-refractivity contribution in [2.75, 3.05) is 5.75 Å². The quantitative estimate of drug-likeness (QED) is 0.737. The van der Waals surface area contributed by atoms with Crippen LogP contribution in [0.2, 0.25) is 0 Å². The van der Waals surface area contributed by atoms with Crippen molar-refractivity contribution in [2.24, 2.45) is 5.92 Å². The molecule has 2 aromatic rings. The Bertz CT molecular complexity index is 597. The average molecular weight is 317 g/mol. The summed E-state index contributed by atoms with van der Waals surface area (Å²) in [7, 11) is 0. The summed E-state index contributed by atoms with van der Waals surface area (Å²) in [4.78, 5) is 0. The van der Waals surface area contributed by atoms with Gasteiger partial charge in [0.05, 0.1) is 12.8 Å². The van der Waals surface area contributed by atoms with Gasteiger partial charge in [-0.15, -0.1) is 10.2 Å². The normalized spacial score (nSPS) is 19.6. The molecule has 2 aromatic heterocycles. The van der Waals surface area contributed by atoms with E-state index >= 15 is 0 Å². The van der Waals surface area contributed by atoms with E-state index in [4.69, 9.17) is 4.42 Å². The fourth-order valence-electron chi connectivity index (χ4n) is 3.30. The molecule has 0 atom stereocenters. The van der Waals surface area contributed by atoms with E-state index in [-0.39, 0.29) is 0 Å². The molecule has 118 valence electrons. The predicted molar refractivity (Wildman–Crippen MR) is 87.1 cm³/mol. The fraction of sp³-hybridized carbons (Fsp3) is 0.647. The Hall–Kier alpha value is -1.23. The lowest BCUT2D eigenvalue weighted by Gasteiger charge is -2.20. The zero-order valence-corrected chi connectivity index (χ0v) is 13.7. The molecule has 0 N–H and O–H groups in total. The second-order valence-corrected chi connectivity index (χ2v) is 7.58. The number of nitrogens with zero attached hydrogens (tertiary/aromatic N) is 3. The van der Waals surface area contributed by atoms with Crippen LogP contribution in [0.1, 0.15) is 62.4 Å². The number of rotatable bonds is 6. The van der Waals surface area contributed by atoms with Crippen LogP contribution in [0.4, 0.5) is 0 Å². The highest BCUT2D eigenvalue weighted by Gasteiger charge is 2.31. The Balaban J connectivity index is 1.48. The number of thioether (sulfide) groups is 1. The Kier molecular flexibility index (Phi) is 4.24. The molecule has 0 bridgehead atoms. The van der Waals surface area contributed by atoms with E-state index in [0.29, 0.717) is 5.92 Å². The monoisotopic (exact) mass is 317 g/mol. The second kappa shape index (κ2) is 6.49. The molecule has 4 rings (SSSR count). The minimum atomic E-state index is 0.617. The van der Waals surface area contributed by atoms with E-state index in [0.717, 1.165) is 29.2 Å². The maximum atomic E-state index is 5.53. The van der Waals surface area contributed by atoms with Gasteiger partial charge in [0.15, 0.2) is 5.16 Å². The Morgan fingerprint density at radius 3 is 2.73 bits per heavy atom. The van der Waals surface area contributed by atoms with Crippen molar-refractivity contribution in [3.05, 3.63) is 30.0 Å². The molecular formula is C17H23N3OS. The van der Waals surface area contributed by atoms with Crippen LogP contribution in [-0.2, 0) is 6.54 Å². The zero-order chi connectivity index (χ0) is 14.8. The summed E-state index contributed by atoms with van der Waals surface area (Å²) in [6.07, 6.45) is 11.2. The van der Waals surface area contributed by atoms with Gasteiger partial charge in [-0.25, -0.2) is 0 Å². The van der Waals surface area contributed by atoms with Gasteiger partial charge < -0.3 is 4.42 Å². The average Bonchev–Trinajstić information content (AvgIpc) is 3.12. The van der Waals surface area contributed by atoms with Crippen molar-refractivity contribution >= 4 is 11.8 Å². The smallest absolute Gasteiger partial charge is 0.191 e. The van der Waals surface area contributed by atoms with Gasteiger partial charge in [-0.1, -0.05) is 31.0 Å². The number of hydrogen-bond donors (Lipinski definition) is 0. The molecule has 2 fully saturated rings. The van der Waals surface area contributed by atoms with E-state index in [1.165, 1.54) is 50.7 Å². The third-order valence-corrected chi connectivity index (χ3v) is 5.95. The largest absolute Gasteiger partial charge is 0.467 e. The van der Waals surface area contributed by atoms with E-state index in [1.807, 2.05) is 23.9 Å². The van der Waals surface area contributed by atoms with Crippen LogP contribution in [0.3, 0.4) is 0 Å². The van der Waals surface area contributed by atoms with Crippen molar-refractivity contribution < 1.29 is 4.42 Å². The maximum Gasteiger partial charge on any atom is 0.191 e. The van der Waals surface area contributed by atoms with Crippen LogP contribution >= 0.6 is 11.8 Å². The topological polar surface area (TPSA) is 43.9 Å². The molecule has 2 saturated carbocycles. The van der Waals surface area contributed by atoms with Crippen LogP contribution < -0.4 is 0 Å². The van der Waals surface area contributed by atoms with E-state index in [9.17, 15) is 0 Å². The lowest BCUT2D eigenvalue weighted by atomic mass is 9.91. The van der Waals surface area contributed by atoms with Crippen LogP contribution in [-0.4, -0.2) is 20.5 Å². The highest BCUT2D eigenvalue weighted by molar-refractivity contribution is 7.99. The van der Waals surface area contributed by atoms with Crippen molar-refractivity contribution in [1.29, 1.82) is 0 Å². The van der Waals surface area contributed by atoms with Gasteiger partial charge in [-0.3, -0.25) is 4.57 Å². The number of furan rings is 1. The van der Waals surface area contributed by atoms with Gasteiger partial charge in [0.1, 0.15) is 11.6 Å². The summed E-state index contributed by atoms with van der Waals surface area (Å²) in [6.45, 7) is 0.763. The minimum Gasteiger partial charge on any atom is -0.467 e. The summed E-state index contributed by atoms with van der Waals surface area (Å²) < 4.78 is 7.81. The molecule has 5 heteroatoms. The highest BCUT2D eigenvalue weighted by Crippen LogP contribution is 2.40. The minimum absolute atomic E-state index is 0.617. The van der Waals surface area contributed by atoms with Crippen molar-refractivity contribution in [3.8, 4) is 0 Å². The molecule has 2 aliphatic carbocycles. The van der Waals surface area contributed by atoms with E-state index in [1.54, 1.807) is 6.26 Å². The van der Waals surface area contributed by atoms with Gasteiger partial charge >= 0.3 is 0 Å². The molecule has 2 aliphatic rings.